The van der Waals surface area contributed by atoms with E-state index >= 15 is 0 Å². The van der Waals surface area contributed by atoms with Gasteiger partial charge < -0.3 is 29.2 Å². The average Bonchev–Trinajstić information content (AvgIpc) is 3.56. The fourth-order valence-electron chi connectivity index (χ4n) is 4.10. The van der Waals surface area contributed by atoms with Crippen molar-refractivity contribution in [2.75, 3.05) is 26.8 Å². The number of hydrogen-bond acceptors (Lipinski definition) is 8. The Morgan fingerprint density at radius 1 is 1.03 bits per heavy atom. The van der Waals surface area contributed by atoms with Gasteiger partial charge in [0.1, 0.15) is 25.4 Å². The molecular formula is C24H36N2O8. The first-order valence-corrected chi connectivity index (χ1v) is 11.5. The second-order valence-corrected chi connectivity index (χ2v) is 9.17. The van der Waals surface area contributed by atoms with Crippen LogP contribution in [0.4, 0.5) is 9.59 Å². The Morgan fingerprint density at radius 3 is 2.29 bits per heavy atom. The standard InChI is InChI=1S/C24H36N2O8/c1-7-21(27)31-12-15(4)33-23(29)25-11-19-9-17-8-18(17)10-20(19)26(6)24(30)34-16(5)13-32-22(28)14(2)3/h7,15-20H,1-2,8-13H2,3-6H3,(H,25,29). The van der Waals surface area contributed by atoms with Crippen molar-refractivity contribution >= 4 is 24.1 Å². The molecule has 2 amide bonds. The molecule has 0 aliphatic heterocycles. The molecule has 2 rings (SSSR count). The number of rotatable bonds is 11. The maximum Gasteiger partial charge on any atom is 0.410 e. The molecule has 2 saturated carbocycles. The lowest BCUT2D eigenvalue weighted by Gasteiger charge is -2.37. The highest BCUT2D eigenvalue weighted by Crippen LogP contribution is 2.52. The first-order chi connectivity index (χ1) is 16.0. The summed E-state index contributed by atoms with van der Waals surface area (Å²) in [7, 11) is 1.68. The summed E-state index contributed by atoms with van der Waals surface area (Å²) in [4.78, 5) is 49.1. The smallest absolute Gasteiger partial charge is 0.410 e. The topological polar surface area (TPSA) is 120 Å². The zero-order valence-corrected chi connectivity index (χ0v) is 20.4. The summed E-state index contributed by atoms with van der Waals surface area (Å²) in [6.45, 7) is 11.9. The van der Waals surface area contributed by atoms with Gasteiger partial charge in [-0.25, -0.2) is 19.2 Å². The summed E-state index contributed by atoms with van der Waals surface area (Å²) in [6.07, 6.45) is 1.55. The molecule has 0 radical (unpaired) electrons. The minimum absolute atomic E-state index is 0.0410. The Hall–Kier alpha value is -3.04. The second-order valence-electron chi connectivity index (χ2n) is 9.17. The van der Waals surface area contributed by atoms with E-state index in [1.165, 1.54) is 0 Å². The molecule has 2 aliphatic carbocycles. The molecule has 0 saturated heterocycles. The molecule has 190 valence electrons. The van der Waals surface area contributed by atoms with Gasteiger partial charge in [0.15, 0.2) is 0 Å². The number of ether oxygens (including phenoxy) is 4. The summed E-state index contributed by atoms with van der Waals surface area (Å²) < 4.78 is 20.6. The summed E-state index contributed by atoms with van der Waals surface area (Å²) in [5.74, 6) is 0.116. The van der Waals surface area contributed by atoms with Gasteiger partial charge in [-0.05, 0) is 57.8 Å². The fraction of sp³-hybridized carbons (Fsp3) is 0.667. The van der Waals surface area contributed by atoms with Crippen LogP contribution in [-0.2, 0) is 28.5 Å². The predicted molar refractivity (Wildman–Crippen MR) is 123 cm³/mol. The molecule has 0 heterocycles. The Bertz CT molecular complexity index is 798. The van der Waals surface area contributed by atoms with Gasteiger partial charge in [0.25, 0.3) is 0 Å². The Kier molecular flexibility index (Phi) is 9.95. The third-order valence-corrected chi connectivity index (χ3v) is 6.09. The fourth-order valence-corrected chi connectivity index (χ4v) is 4.10. The van der Waals surface area contributed by atoms with E-state index in [0.717, 1.165) is 25.3 Å². The maximum absolute atomic E-state index is 12.7. The molecule has 2 fully saturated rings. The lowest BCUT2D eigenvalue weighted by atomic mass is 9.83. The van der Waals surface area contributed by atoms with Gasteiger partial charge >= 0.3 is 24.1 Å². The van der Waals surface area contributed by atoms with E-state index in [9.17, 15) is 19.2 Å². The zero-order valence-electron chi connectivity index (χ0n) is 20.4. The molecule has 10 nitrogen and oxygen atoms in total. The molecule has 10 heteroatoms. The second kappa shape index (κ2) is 12.4. The number of fused-ring (bicyclic) bond motifs is 1. The predicted octanol–water partition coefficient (Wildman–Crippen LogP) is 2.82. The molecule has 0 bridgehead atoms. The maximum atomic E-state index is 12.7. The Morgan fingerprint density at radius 2 is 1.65 bits per heavy atom. The number of carbonyl (C=O) groups excluding carboxylic acids is 4. The molecule has 2 aliphatic rings. The first-order valence-electron chi connectivity index (χ1n) is 11.5. The van der Waals surface area contributed by atoms with Crippen LogP contribution in [0.3, 0.4) is 0 Å². The molecule has 0 aromatic heterocycles. The lowest BCUT2D eigenvalue weighted by molar-refractivity contribution is -0.142. The SMILES string of the molecule is C=CC(=O)OCC(C)OC(=O)NCC1CC2CC2CC1N(C)C(=O)OC(C)COC(=O)C(=C)C. The highest BCUT2D eigenvalue weighted by molar-refractivity contribution is 5.86. The van der Waals surface area contributed by atoms with Crippen molar-refractivity contribution in [1.29, 1.82) is 0 Å². The quantitative estimate of drug-likeness (QED) is 0.272. The van der Waals surface area contributed by atoms with Crippen LogP contribution in [-0.4, -0.2) is 74.1 Å². The van der Waals surface area contributed by atoms with Crippen molar-refractivity contribution in [3.8, 4) is 0 Å². The van der Waals surface area contributed by atoms with E-state index in [-0.39, 0.29) is 30.7 Å². The number of carbonyl (C=O) groups is 4. The van der Waals surface area contributed by atoms with Crippen molar-refractivity contribution < 1.29 is 38.1 Å². The van der Waals surface area contributed by atoms with Gasteiger partial charge in [-0.15, -0.1) is 0 Å². The van der Waals surface area contributed by atoms with Crippen LogP contribution in [0.15, 0.2) is 24.8 Å². The van der Waals surface area contributed by atoms with Gasteiger partial charge in [0.2, 0.25) is 0 Å². The number of amides is 2. The summed E-state index contributed by atoms with van der Waals surface area (Å²) in [5.41, 5.74) is 0.276. The van der Waals surface area contributed by atoms with Crippen LogP contribution in [0.25, 0.3) is 0 Å². The van der Waals surface area contributed by atoms with Crippen molar-refractivity contribution in [2.45, 2.75) is 58.3 Å². The van der Waals surface area contributed by atoms with Crippen LogP contribution in [0.1, 0.15) is 40.0 Å². The molecule has 6 atom stereocenters. The number of alkyl carbamates (subject to hydrolysis) is 1. The molecule has 0 spiro atoms. The van der Waals surface area contributed by atoms with Crippen LogP contribution in [0.5, 0.6) is 0 Å². The molecule has 34 heavy (non-hydrogen) atoms. The highest BCUT2D eigenvalue weighted by atomic mass is 16.6. The van der Waals surface area contributed by atoms with Gasteiger partial charge in [-0.1, -0.05) is 13.2 Å². The minimum Gasteiger partial charge on any atom is -0.459 e. The monoisotopic (exact) mass is 480 g/mol. The van der Waals surface area contributed by atoms with Crippen LogP contribution < -0.4 is 5.32 Å². The normalized spacial score (nSPS) is 24.4. The Labute approximate surface area is 200 Å². The molecular weight excluding hydrogens is 444 g/mol. The van der Waals surface area contributed by atoms with E-state index in [1.807, 2.05) is 0 Å². The summed E-state index contributed by atoms with van der Waals surface area (Å²) >= 11 is 0. The van der Waals surface area contributed by atoms with Gasteiger partial charge in [-0.2, -0.15) is 0 Å². The molecule has 0 aromatic rings. The number of nitrogens with one attached hydrogen (secondary N) is 1. The van der Waals surface area contributed by atoms with E-state index in [0.29, 0.717) is 18.4 Å². The van der Waals surface area contributed by atoms with E-state index in [1.54, 1.807) is 32.7 Å². The van der Waals surface area contributed by atoms with Gasteiger partial charge in [-0.3, -0.25) is 0 Å². The zero-order chi connectivity index (χ0) is 25.4. The first kappa shape index (κ1) is 27.2. The Balaban J connectivity index is 1.83. The largest absolute Gasteiger partial charge is 0.459 e. The van der Waals surface area contributed by atoms with Crippen molar-refractivity contribution in [3.05, 3.63) is 24.8 Å². The lowest BCUT2D eigenvalue weighted by Crippen LogP contribution is -2.49. The highest BCUT2D eigenvalue weighted by Gasteiger charge is 2.48. The third-order valence-electron chi connectivity index (χ3n) is 6.09. The number of hydrogen-bond donors (Lipinski definition) is 1. The van der Waals surface area contributed by atoms with Crippen LogP contribution >= 0.6 is 0 Å². The molecule has 0 aromatic carbocycles. The molecule has 1 N–H and O–H groups in total. The van der Waals surface area contributed by atoms with Gasteiger partial charge in [0, 0.05) is 31.3 Å². The van der Waals surface area contributed by atoms with E-state index < -0.39 is 36.3 Å². The van der Waals surface area contributed by atoms with Crippen LogP contribution in [0, 0.1) is 17.8 Å². The van der Waals surface area contributed by atoms with Crippen molar-refractivity contribution in [2.24, 2.45) is 17.8 Å². The van der Waals surface area contributed by atoms with E-state index in [2.05, 4.69) is 18.5 Å². The average molecular weight is 481 g/mol. The van der Waals surface area contributed by atoms with Gasteiger partial charge in [0.05, 0.1) is 0 Å². The van der Waals surface area contributed by atoms with E-state index in [4.69, 9.17) is 18.9 Å². The van der Waals surface area contributed by atoms with Crippen molar-refractivity contribution in [3.63, 3.8) is 0 Å². The third kappa shape index (κ3) is 8.39. The summed E-state index contributed by atoms with van der Waals surface area (Å²) in [6, 6.07) is -0.104. The molecule has 6 unspecified atom stereocenters. The number of nitrogens with zero attached hydrogens (tertiary/aromatic N) is 1. The summed E-state index contributed by atoms with van der Waals surface area (Å²) in [5, 5.41) is 2.77. The van der Waals surface area contributed by atoms with Crippen LogP contribution in [0.2, 0.25) is 0 Å². The van der Waals surface area contributed by atoms with Crippen molar-refractivity contribution in [1.82, 2.24) is 10.2 Å². The number of esters is 2. The minimum atomic E-state index is -0.614.